The Balaban J connectivity index is 3.99. The smallest absolute Gasteiger partial charge is 0.469 e. The molecule has 1 atom stereocenters. The van der Waals surface area contributed by atoms with Crippen LogP contribution in [0.2, 0.25) is 0 Å². The van der Waals surface area contributed by atoms with Crippen LogP contribution in [0.1, 0.15) is 20.3 Å². The van der Waals surface area contributed by atoms with Gasteiger partial charge in [-0.2, -0.15) is 0 Å². The Morgan fingerprint density at radius 1 is 1.27 bits per heavy atom. The molecule has 6 heteroatoms. The predicted molar refractivity (Wildman–Crippen MR) is 48.9 cm³/mol. The summed E-state index contributed by atoms with van der Waals surface area (Å²) < 4.78 is 13.0. The molecule has 0 aromatic carbocycles. The van der Waals surface area contributed by atoms with Crippen molar-refractivity contribution in [1.82, 2.24) is 0 Å². The van der Waals surface area contributed by atoms with Crippen LogP contribution in [0.15, 0.2) is 0 Å². The summed E-state index contributed by atoms with van der Waals surface area (Å²) >= 11 is 0. The van der Waals surface area contributed by atoms with Gasteiger partial charge in [0.05, 0.1) is 26.1 Å². The first-order chi connectivity index (χ1) is 7.01. The van der Waals surface area contributed by atoms with Crippen LogP contribution in [0.5, 0.6) is 0 Å². The standard InChI is InChI=1S/C9H14O6/c1-4-14-9(12)15-8(11)6(2)5-7(10)13-3/h6H,4-5H2,1-3H3/t6-/m0/s1. The highest BCUT2D eigenvalue weighted by Crippen LogP contribution is 2.06. The van der Waals surface area contributed by atoms with Crippen LogP contribution < -0.4 is 0 Å². The van der Waals surface area contributed by atoms with Gasteiger partial charge in [-0.3, -0.25) is 9.59 Å². The van der Waals surface area contributed by atoms with E-state index >= 15 is 0 Å². The summed E-state index contributed by atoms with van der Waals surface area (Å²) in [7, 11) is 1.21. The fourth-order valence-corrected chi connectivity index (χ4v) is 0.747. The van der Waals surface area contributed by atoms with E-state index in [1.54, 1.807) is 6.92 Å². The van der Waals surface area contributed by atoms with E-state index in [1.165, 1.54) is 14.0 Å². The number of carbonyl (C=O) groups excluding carboxylic acids is 3. The van der Waals surface area contributed by atoms with Gasteiger partial charge in [-0.1, -0.05) is 6.92 Å². The van der Waals surface area contributed by atoms with Crippen molar-refractivity contribution < 1.29 is 28.6 Å². The Morgan fingerprint density at radius 2 is 1.87 bits per heavy atom. The van der Waals surface area contributed by atoms with E-state index in [1.807, 2.05) is 0 Å². The lowest BCUT2D eigenvalue weighted by molar-refractivity contribution is -0.150. The van der Waals surface area contributed by atoms with Crippen LogP contribution in [0, 0.1) is 5.92 Å². The summed E-state index contributed by atoms with van der Waals surface area (Å²) in [6.45, 7) is 3.17. The molecule has 0 bridgehead atoms. The molecular formula is C9H14O6. The Morgan fingerprint density at radius 3 is 2.33 bits per heavy atom. The first-order valence-electron chi connectivity index (χ1n) is 4.46. The highest BCUT2D eigenvalue weighted by Gasteiger charge is 2.21. The Hall–Kier alpha value is -1.59. The number of ether oxygens (including phenoxy) is 3. The van der Waals surface area contributed by atoms with Crippen LogP contribution >= 0.6 is 0 Å². The van der Waals surface area contributed by atoms with Gasteiger partial charge in [0.15, 0.2) is 0 Å². The SMILES string of the molecule is CCOC(=O)OC(=O)[C@@H](C)CC(=O)OC. The number of hydrogen-bond acceptors (Lipinski definition) is 6. The average molecular weight is 218 g/mol. The maximum Gasteiger partial charge on any atom is 0.516 e. The topological polar surface area (TPSA) is 78.9 Å². The molecule has 0 aliphatic heterocycles. The lowest BCUT2D eigenvalue weighted by Gasteiger charge is -2.08. The van der Waals surface area contributed by atoms with Gasteiger partial charge in [-0.15, -0.1) is 0 Å². The molecule has 0 unspecified atom stereocenters. The first kappa shape index (κ1) is 13.4. The summed E-state index contributed by atoms with van der Waals surface area (Å²) in [6, 6.07) is 0. The van der Waals surface area contributed by atoms with Crippen LogP contribution in [-0.4, -0.2) is 31.8 Å². The summed E-state index contributed by atoms with van der Waals surface area (Å²) in [6.07, 6.45) is -1.19. The number of hydrogen-bond donors (Lipinski definition) is 0. The number of rotatable bonds is 4. The lowest BCUT2D eigenvalue weighted by Crippen LogP contribution is -2.22. The summed E-state index contributed by atoms with van der Waals surface area (Å²) in [5, 5.41) is 0. The molecule has 0 radical (unpaired) electrons. The number of methoxy groups -OCH3 is 1. The van der Waals surface area contributed by atoms with E-state index < -0.39 is 24.0 Å². The largest absolute Gasteiger partial charge is 0.516 e. The van der Waals surface area contributed by atoms with Gasteiger partial charge < -0.3 is 14.2 Å². The van der Waals surface area contributed by atoms with Crippen LogP contribution in [0.3, 0.4) is 0 Å². The molecule has 0 heterocycles. The van der Waals surface area contributed by atoms with Crippen molar-refractivity contribution >= 4 is 18.1 Å². The third-order valence-corrected chi connectivity index (χ3v) is 1.55. The molecule has 15 heavy (non-hydrogen) atoms. The fraction of sp³-hybridized carbons (Fsp3) is 0.667. The maximum atomic E-state index is 11.1. The fourth-order valence-electron chi connectivity index (χ4n) is 0.747. The molecule has 0 aromatic heterocycles. The molecule has 0 spiro atoms. The third kappa shape index (κ3) is 5.66. The second-order valence-corrected chi connectivity index (χ2v) is 2.79. The quantitative estimate of drug-likeness (QED) is 0.515. The Kier molecular flexibility index (Phi) is 6.08. The van der Waals surface area contributed by atoms with E-state index in [4.69, 9.17) is 0 Å². The molecule has 86 valence electrons. The first-order valence-corrected chi connectivity index (χ1v) is 4.46. The second kappa shape index (κ2) is 6.80. The Labute approximate surface area is 87.5 Å². The Bertz CT molecular complexity index is 247. The summed E-state index contributed by atoms with van der Waals surface area (Å²) in [5.74, 6) is -2.08. The van der Waals surface area contributed by atoms with Crippen molar-refractivity contribution in [3.8, 4) is 0 Å². The molecule has 0 fully saturated rings. The minimum Gasteiger partial charge on any atom is -0.469 e. The summed E-state index contributed by atoms with van der Waals surface area (Å²) in [5.41, 5.74) is 0. The molecule has 0 saturated heterocycles. The molecule has 6 nitrogen and oxygen atoms in total. The van der Waals surface area contributed by atoms with Crippen LogP contribution in [0.25, 0.3) is 0 Å². The zero-order valence-corrected chi connectivity index (χ0v) is 8.94. The van der Waals surface area contributed by atoms with Crippen LogP contribution in [-0.2, 0) is 23.8 Å². The van der Waals surface area contributed by atoms with Crippen molar-refractivity contribution in [2.75, 3.05) is 13.7 Å². The second-order valence-electron chi connectivity index (χ2n) is 2.79. The van der Waals surface area contributed by atoms with Crippen LogP contribution in [0.4, 0.5) is 4.79 Å². The van der Waals surface area contributed by atoms with Gasteiger partial charge in [0, 0.05) is 0 Å². The molecule has 0 N–H and O–H groups in total. The van der Waals surface area contributed by atoms with E-state index in [9.17, 15) is 14.4 Å². The highest BCUT2D eigenvalue weighted by molar-refractivity contribution is 5.86. The van der Waals surface area contributed by atoms with E-state index in [0.717, 1.165) is 0 Å². The van der Waals surface area contributed by atoms with Gasteiger partial charge in [-0.25, -0.2) is 4.79 Å². The minimum absolute atomic E-state index is 0.123. The van der Waals surface area contributed by atoms with Gasteiger partial charge >= 0.3 is 18.1 Å². The van der Waals surface area contributed by atoms with Crippen molar-refractivity contribution in [2.24, 2.45) is 5.92 Å². The lowest BCUT2D eigenvalue weighted by atomic mass is 10.1. The van der Waals surface area contributed by atoms with Gasteiger partial charge in [0.1, 0.15) is 0 Å². The van der Waals surface area contributed by atoms with E-state index in [-0.39, 0.29) is 13.0 Å². The highest BCUT2D eigenvalue weighted by atomic mass is 16.7. The van der Waals surface area contributed by atoms with Gasteiger partial charge in [-0.05, 0) is 6.92 Å². The normalized spacial score (nSPS) is 11.4. The van der Waals surface area contributed by atoms with Crippen molar-refractivity contribution in [3.63, 3.8) is 0 Å². The molecule has 0 rings (SSSR count). The molecule has 0 amide bonds. The molecule has 0 saturated carbocycles. The number of carbonyl (C=O) groups is 3. The average Bonchev–Trinajstić information content (AvgIpc) is 2.17. The monoisotopic (exact) mass is 218 g/mol. The summed E-state index contributed by atoms with van der Waals surface area (Å²) in [4.78, 5) is 32.7. The van der Waals surface area contributed by atoms with E-state index in [0.29, 0.717) is 0 Å². The third-order valence-electron chi connectivity index (χ3n) is 1.55. The molecule has 0 aliphatic rings. The van der Waals surface area contributed by atoms with Gasteiger partial charge in [0.25, 0.3) is 0 Å². The number of esters is 2. The van der Waals surface area contributed by atoms with E-state index in [2.05, 4.69) is 14.2 Å². The zero-order chi connectivity index (χ0) is 11.8. The minimum atomic E-state index is -1.06. The maximum absolute atomic E-state index is 11.1. The predicted octanol–water partition coefficient (Wildman–Crippen LogP) is 0.885. The van der Waals surface area contributed by atoms with Crippen molar-refractivity contribution in [3.05, 3.63) is 0 Å². The molecular weight excluding hydrogens is 204 g/mol. The van der Waals surface area contributed by atoms with Crippen molar-refractivity contribution in [2.45, 2.75) is 20.3 Å². The molecule has 0 aromatic rings. The van der Waals surface area contributed by atoms with Gasteiger partial charge in [0.2, 0.25) is 0 Å². The van der Waals surface area contributed by atoms with Crippen molar-refractivity contribution in [1.29, 1.82) is 0 Å². The molecule has 0 aliphatic carbocycles. The zero-order valence-electron chi connectivity index (χ0n) is 8.94.